The van der Waals surface area contributed by atoms with Crippen molar-refractivity contribution in [2.75, 3.05) is 17.6 Å². The fourth-order valence-corrected chi connectivity index (χ4v) is 1.96. The SMILES string of the molecule is Nc1cc(NCCc2cscn2)nc(C(F)(F)F)n1. The quantitative estimate of drug-likeness (QED) is 0.902. The highest BCUT2D eigenvalue weighted by Gasteiger charge is 2.35. The zero-order valence-corrected chi connectivity index (χ0v) is 10.4. The van der Waals surface area contributed by atoms with Gasteiger partial charge in [-0.15, -0.1) is 11.3 Å². The lowest BCUT2D eigenvalue weighted by Gasteiger charge is -2.09. The van der Waals surface area contributed by atoms with Crippen LogP contribution >= 0.6 is 11.3 Å². The maximum Gasteiger partial charge on any atom is 0.451 e. The van der Waals surface area contributed by atoms with E-state index in [0.717, 1.165) is 5.69 Å². The first-order chi connectivity index (χ1) is 8.95. The van der Waals surface area contributed by atoms with Crippen molar-refractivity contribution in [2.24, 2.45) is 0 Å². The third-order valence-corrected chi connectivity index (χ3v) is 2.81. The Labute approximate surface area is 110 Å². The molecule has 0 aromatic carbocycles. The third kappa shape index (κ3) is 3.78. The molecule has 0 saturated heterocycles. The topological polar surface area (TPSA) is 76.7 Å². The summed E-state index contributed by atoms with van der Waals surface area (Å²) in [6.45, 7) is 0.414. The van der Waals surface area contributed by atoms with Crippen molar-refractivity contribution in [2.45, 2.75) is 12.6 Å². The second-order valence-electron chi connectivity index (χ2n) is 3.66. The van der Waals surface area contributed by atoms with Gasteiger partial charge in [-0.1, -0.05) is 0 Å². The van der Waals surface area contributed by atoms with E-state index in [1.54, 1.807) is 5.51 Å². The van der Waals surface area contributed by atoms with Gasteiger partial charge in [0.15, 0.2) is 0 Å². The van der Waals surface area contributed by atoms with Crippen LogP contribution in [0.3, 0.4) is 0 Å². The van der Waals surface area contributed by atoms with Crippen LogP contribution < -0.4 is 11.1 Å². The molecule has 5 nitrogen and oxygen atoms in total. The predicted octanol–water partition coefficient (Wildman–Crippen LogP) is 2.19. The molecule has 0 amide bonds. The van der Waals surface area contributed by atoms with E-state index in [4.69, 9.17) is 5.73 Å². The summed E-state index contributed by atoms with van der Waals surface area (Å²) in [6, 6.07) is 1.26. The van der Waals surface area contributed by atoms with Gasteiger partial charge in [0.2, 0.25) is 5.82 Å². The molecule has 2 heterocycles. The number of alkyl halides is 3. The lowest BCUT2D eigenvalue weighted by atomic mass is 10.3. The Morgan fingerprint density at radius 3 is 2.74 bits per heavy atom. The molecular formula is C10H10F3N5S. The molecular weight excluding hydrogens is 279 g/mol. The summed E-state index contributed by atoms with van der Waals surface area (Å²) in [5.41, 5.74) is 7.89. The van der Waals surface area contributed by atoms with Crippen LogP contribution in [0.15, 0.2) is 17.0 Å². The molecule has 0 unspecified atom stereocenters. The molecule has 2 aromatic heterocycles. The summed E-state index contributed by atoms with van der Waals surface area (Å²) in [5, 5.41) is 4.64. The van der Waals surface area contributed by atoms with E-state index in [-0.39, 0.29) is 11.6 Å². The monoisotopic (exact) mass is 289 g/mol. The van der Waals surface area contributed by atoms with Crippen LogP contribution in [0.4, 0.5) is 24.8 Å². The fraction of sp³-hybridized carbons (Fsp3) is 0.300. The maximum atomic E-state index is 12.5. The molecule has 0 aliphatic heterocycles. The van der Waals surface area contributed by atoms with Crippen LogP contribution in [-0.4, -0.2) is 21.5 Å². The molecule has 0 saturated carbocycles. The van der Waals surface area contributed by atoms with Crippen LogP contribution in [0.2, 0.25) is 0 Å². The van der Waals surface area contributed by atoms with Gasteiger partial charge in [0.25, 0.3) is 0 Å². The number of nitrogen functional groups attached to an aromatic ring is 1. The summed E-state index contributed by atoms with van der Waals surface area (Å²) >= 11 is 1.46. The van der Waals surface area contributed by atoms with Crippen molar-refractivity contribution >= 4 is 23.0 Å². The zero-order chi connectivity index (χ0) is 13.9. The van der Waals surface area contributed by atoms with Crippen molar-refractivity contribution in [3.05, 3.63) is 28.5 Å². The second-order valence-corrected chi connectivity index (χ2v) is 4.37. The molecule has 9 heteroatoms. The molecule has 2 rings (SSSR count). The lowest BCUT2D eigenvalue weighted by molar-refractivity contribution is -0.144. The Morgan fingerprint density at radius 1 is 1.32 bits per heavy atom. The molecule has 0 fully saturated rings. The van der Waals surface area contributed by atoms with Gasteiger partial charge in [0, 0.05) is 24.4 Å². The molecule has 0 radical (unpaired) electrons. The van der Waals surface area contributed by atoms with Crippen molar-refractivity contribution in [1.82, 2.24) is 15.0 Å². The zero-order valence-electron chi connectivity index (χ0n) is 9.61. The van der Waals surface area contributed by atoms with Crippen molar-refractivity contribution < 1.29 is 13.2 Å². The Balaban J connectivity index is 2.02. The van der Waals surface area contributed by atoms with Crippen LogP contribution in [0, 0.1) is 0 Å². The first kappa shape index (κ1) is 13.5. The first-order valence-electron chi connectivity index (χ1n) is 5.28. The van der Waals surface area contributed by atoms with E-state index in [1.807, 2.05) is 5.38 Å². The van der Waals surface area contributed by atoms with Gasteiger partial charge in [0.05, 0.1) is 11.2 Å². The number of nitrogens with one attached hydrogen (secondary N) is 1. The molecule has 0 aliphatic carbocycles. The Bertz CT molecular complexity index is 541. The summed E-state index contributed by atoms with van der Waals surface area (Å²) in [6.07, 6.45) is -4.02. The number of hydrogen-bond donors (Lipinski definition) is 2. The lowest BCUT2D eigenvalue weighted by Crippen LogP contribution is -2.15. The second kappa shape index (κ2) is 5.39. The van der Waals surface area contributed by atoms with Gasteiger partial charge >= 0.3 is 6.18 Å². The number of rotatable bonds is 4. The van der Waals surface area contributed by atoms with Gasteiger partial charge in [-0.3, -0.25) is 0 Å². The Hall–Kier alpha value is -1.90. The molecule has 19 heavy (non-hydrogen) atoms. The van der Waals surface area contributed by atoms with Crippen LogP contribution in [0.25, 0.3) is 0 Å². The van der Waals surface area contributed by atoms with Crippen molar-refractivity contribution in [3.8, 4) is 0 Å². The van der Waals surface area contributed by atoms with E-state index in [1.165, 1.54) is 17.4 Å². The van der Waals surface area contributed by atoms with E-state index in [2.05, 4.69) is 20.3 Å². The number of aromatic nitrogens is 3. The largest absolute Gasteiger partial charge is 0.451 e. The van der Waals surface area contributed by atoms with Gasteiger partial charge < -0.3 is 11.1 Å². The smallest absolute Gasteiger partial charge is 0.384 e. The molecule has 0 bridgehead atoms. The van der Waals surface area contributed by atoms with E-state index in [0.29, 0.717) is 13.0 Å². The summed E-state index contributed by atoms with van der Waals surface area (Å²) < 4.78 is 37.4. The Kier molecular flexibility index (Phi) is 3.84. The molecule has 0 spiro atoms. The van der Waals surface area contributed by atoms with Crippen molar-refractivity contribution in [1.29, 1.82) is 0 Å². The number of anilines is 2. The van der Waals surface area contributed by atoms with Gasteiger partial charge in [-0.2, -0.15) is 13.2 Å². The highest BCUT2D eigenvalue weighted by molar-refractivity contribution is 7.07. The van der Waals surface area contributed by atoms with E-state index >= 15 is 0 Å². The summed E-state index contributed by atoms with van der Waals surface area (Å²) in [5.74, 6) is -1.42. The van der Waals surface area contributed by atoms with Gasteiger partial charge in [0.1, 0.15) is 11.6 Å². The molecule has 0 aliphatic rings. The number of thiazole rings is 1. The number of hydrogen-bond acceptors (Lipinski definition) is 6. The minimum atomic E-state index is -4.61. The number of halogens is 3. The van der Waals surface area contributed by atoms with Crippen LogP contribution in [0.5, 0.6) is 0 Å². The third-order valence-electron chi connectivity index (χ3n) is 2.17. The highest BCUT2D eigenvalue weighted by atomic mass is 32.1. The average molecular weight is 289 g/mol. The molecule has 3 N–H and O–H groups in total. The first-order valence-corrected chi connectivity index (χ1v) is 6.22. The number of nitrogens with zero attached hydrogens (tertiary/aromatic N) is 3. The minimum absolute atomic E-state index is 0.0510. The van der Waals surface area contributed by atoms with Gasteiger partial charge in [-0.25, -0.2) is 15.0 Å². The normalized spacial score (nSPS) is 11.5. The number of nitrogens with two attached hydrogens (primary N) is 1. The Morgan fingerprint density at radius 2 is 2.11 bits per heavy atom. The van der Waals surface area contributed by atoms with E-state index < -0.39 is 12.0 Å². The average Bonchev–Trinajstić information content (AvgIpc) is 2.80. The minimum Gasteiger partial charge on any atom is -0.384 e. The maximum absolute atomic E-state index is 12.5. The predicted molar refractivity (Wildman–Crippen MR) is 65.8 cm³/mol. The molecule has 102 valence electrons. The van der Waals surface area contributed by atoms with Gasteiger partial charge in [-0.05, 0) is 0 Å². The van der Waals surface area contributed by atoms with Crippen LogP contribution in [-0.2, 0) is 12.6 Å². The molecule has 2 aromatic rings. The van der Waals surface area contributed by atoms with Crippen LogP contribution in [0.1, 0.15) is 11.5 Å². The highest BCUT2D eigenvalue weighted by Crippen LogP contribution is 2.27. The van der Waals surface area contributed by atoms with Crippen molar-refractivity contribution in [3.63, 3.8) is 0 Å². The molecule has 0 atom stereocenters. The van der Waals surface area contributed by atoms with E-state index in [9.17, 15) is 13.2 Å². The summed E-state index contributed by atoms with van der Waals surface area (Å²) in [4.78, 5) is 10.6. The summed E-state index contributed by atoms with van der Waals surface area (Å²) in [7, 11) is 0. The standard InChI is InChI=1S/C10H10F3N5S/c11-10(12,13)9-17-7(14)3-8(18-9)15-2-1-6-4-19-5-16-6/h3-5H,1-2H2,(H3,14,15,17,18). The fourth-order valence-electron chi connectivity index (χ4n) is 1.36.